The van der Waals surface area contributed by atoms with Gasteiger partial charge in [0.05, 0.1) is 24.4 Å². The van der Waals surface area contributed by atoms with Gasteiger partial charge in [-0.3, -0.25) is 24.1 Å². The summed E-state index contributed by atoms with van der Waals surface area (Å²) in [6, 6.07) is 9.10. The van der Waals surface area contributed by atoms with Gasteiger partial charge < -0.3 is 20.7 Å². The third-order valence-electron chi connectivity index (χ3n) is 4.90. The number of nitrogen functional groups attached to an aromatic ring is 1. The molecular weight excluding hydrogens is 412 g/mol. The van der Waals surface area contributed by atoms with Crippen molar-refractivity contribution in [3.63, 3.8) is 0 Å². The molecular formula is C22H28N6O4. The molecule has 1 aromatic carbocycles. The number of fused-ring (bicyclic) bond motifs is 1. The van der Waals surface area contributed by atoms with Gasteiger partial charge in [-0.1, -0.05) is 19.9 Å². The number of amides is 1. The quantitative estimate of drug-likeness (QED) is 0.458. The van der Waals surface area contributed by atoms with Crippen molar-refractivity contribution < 1.29 is 9.53 Å². The highest BCUT2D eigenvalue weighted by molar-refractivity contribution is 6.02. The second kappa shape index (κ2) is 10.1. The van der Waals surface area contributed by atoms with Gasteiger partial charge in [0.25, 0.3) is 5.56 Å². The van der Waals surface area contributed by atoms with Crippen LogP contribution in [0.5, 0.6) is 0 Å². The minimum atomic E-state index is -0.647. The lowest BCUT2D eigenvalue weighted by Crippen LogP contribution is -2.43. The highest BCUT2D eigenvalue weighted by Crippen LogP contribution is 2.22. The van der Waals surface area contributed by atoms with Crippen molar-refractivity contribution in [3.8, 4) is 0 Å². The average molecular weight is 441 g/mol. The second-order valence-electron chi connectivity index (χ2n) is 7.84. The molecule has 0 aliphatic carbocycles. The van der Waals surface area contributed by atoms with Gasteiger partial charge >= 0.3 is 5.69 Å². The molecule has 0 spiro atoms. The van der Waals surface area contributed by atoms with Crippen LogP contribution in [0.1, 0.15) is 13.8 Å². The standard InChI is InChI=1S/C22H28N6O4/c1-14(2)12-28-20(23)19(21(30)26-22(28)31)27(10-11-32-3)13-18(29)25-17-8-4-7-16-15(17)6-5-9-24-16/h4-9,14H,10-13,23H2,1-3H3,(H,25,29)(H,26,30,31). The molecule has 3 aromatic rings. The molecule has 10 heteroatoms. The summed E-state index contributed by atoms with van der Waals surface area (Å²) in [6.45, 7) is 4.54. The number of carbonyl (C=O) groups excluding carboxylic acids is 1. The summed E-state index contributed by atoms with van der Waals surface area (Å²) in [4.78, 5) is 46.0. The van der Waals surface area contributed by atoms with Crippen molar-refractivity contribution in [2.75, 3.05) is 42.8 Å². The Balaban J connectivity index is 1.93. The topological polar surface area (TPSA) is 135 Å². The molecule has 0 unspecified atom stereocenters. The van der Waals surface area contributed by atoms with Crippen molar-refractivity contribution in [3.05, 3.63) is 57.4 Å². The normalized spacial score (nSPS) is 11.1. The maximum absolute atomic E-state index is 12.9. The van der Waals surface area contributed by atoms with Crippen LogP contribution in [0.25, 0.3) is 10.9 Å². The molecule has 2 heterocycles. The Morgan fingerprint density at radius 3 is 2.78 bits per heavy atom. The van der Waals surface area contributed by atoms with Crippen molar-refractivity contribution in [1.82, 2.24) is 14.5 Å². The molecule has 0 radical (unpaired) electrons. The molecule has 0 atom stereocenters. The summed E-state index contributed by atoms with van der Waals surface area (Å²) in [5.41, 5.74) is 6.43. The van der Waals surface area contributed by atoms with E-state index in [1.807, 2.05) is 26.0 Å². The van der Waals surface area contributed by atoms with E-state index in [-0.39, 0.29) is 43.0 Å². The first-order valence-electron chi connectivity index (χ1n) is 10.3. The van der Waals surface area contributed by atoms with E-state index in [0.717, 1.165) is 10.9 Å². The number of anilines is 3. The molecule has 4 N–H and O–H groups in total. The van der Waals surface area contributed by atoms with Crippen molar-refractivity contribution in [1.29, 1.82) is 0 Å². The summed E-state index contributed by atoms with van der Waals surface area (Å²) >= 11 is 0. The minimum Gasteiger partial charge on any atom is -0.383 e. The number of nitrogens with zero attached hydrogens (tertiary/aromatic N) is 3. The maximum atomic E-state index is 12.9. The third-order valence-corrected chi connectivity index (χ3v) is 4.90. The zero-order chi connectivity index (χ0) is 23.3. The summed E-state index contributed by atoms with van der Waals surface area (Å²) in [5, 5.41) is 3.68. The Bertz CT molecular complexity index is 1210. The molecule has 32 heavy (non-hydrogen) atoms. The van der Waals surface area contributed by atoms with E-state index in [9.17, 15) is 14.4 Å². The summed E-state index contributed by atoms with van der Waals surface area (Å²) in [7, 11) is 1.52. The van der Waals surface area contributed by atoms with Gasteiger partial charge in [0.1, 0.15) is 11.5 Å². The molecule has 10 nitrogen and oxygen atoms in total. The van der Waals surface area contributed by atoms with Crippen molar-refractivity contribution >= 4 is 34.0 Å². The number of benzene rings is 1. The Morgan fingerprint density at radius 2 is 2.06 bits per heavy atom. The van der Waals surface area contributed by atoms with Crippen LogP contribution < -0.4 is 27.2 Å². The second-order valence-corrected chi connectivity index (χ2v) is 7.84. The number of nitrogens with one attached hydrogen (secondary N) is 2. The van der Waals surface area contributed by atoms with Gasteiger partial charge in [0, 0.05) is 31.8 Å². The number of ether oxygens (including phenoxy) is 1. The molecule has 0 fully saturated rings. The first-order valence-corrected chi connectivity index (χ1v) is 10.3. The Morgan fingerprint density at radius 1 is 1.28 bits per heavy atom. The fourth-order valence-corrected chi connectivity index (χ4v) is 3.48. The summed E-state index contributed by atoms with van der Waals surface area (Å²) in [6.07, 6.45) is 1.68. The number of H-pyrrole nitrogens is 1. The Hall–Kier alpha value is -3.66. The molecule has 0 saturated heterocycles. The fourth-order valence-electron chi connectivity index (χ4n) is 3.48. The number of aromatic amines is 1. The van der Waals surface area contributed by atoms with Crippen molar-refractivity contribution in [2.24, 2.45) is 5.92 Å². The van der Waals surface area contributed by atoms with Gasteiger partial charge in [0.2, 0.25) is 5.91 Å². The number of nitrogens with two attached hydrogens (primary N) is 1. The number of carbonyl (C=O) groups is 1. The first kappa shape index (κ1) is 23.0. The summed E-state index contributed by atoms with van der Waals surface area (Å²) < 4.78 is 6.46. The fraction of sp³-hybridized carbons (Fsp3) is 0.364. The van der Waals surface area contributed by atoms with Crippen LogP contribution in [0.2, 0.25) is 0 Å². The monoisotopic (exact) mass is 440 g/mol. The van der Waals surface area contributed by atoms with Crippen LogP contribution >= 0.6 is 0 Å². The molecule has 0 bridgehead atoms. The van der Waals surface area contributed by atoms with E-state index in [4.69, 9.17) is 10.5 Å². The minimum absolute atomic E-state index is 0.0192. The van der Waals surface area contributed by atoms with E-state index >= 15 is 0 Å². The number of pyridine rings is 1. The van der Waals surface area contributed by atoms with Crippen LogP contribution in [0.3, 0.4) is 0 Å². The van der Waals surface area contributed by atoms with E-state index in [1.54, 1.807) is 24.4 Å². The number of hydrogen-bond acceptors (Lipinski definition) is 7. The number of methoxy groups -OCH3 is 1. The van der Waals surface area contributed by atoms with Crippen LogP contribution in [-0.2, 0) is 16.1 Å². The average Bonchev–Trinajstić information content (AvgIpc) is 2.74. The van der Waals surface area contributed by atoms with Gasteiger partial charge in [-0.2, -0.15) is 0 Å². The highest BCUT2D eigenvalue weighted by Gasteiger charge is 2.21. The molecule has 170 valence electrons. The van der Waals surface area contributed by atoms with Crippen molar-refractivity contribution in [2.45, 2.75) is 20.4 Å². The van der Waals surface area contributed by atoms with Gasteiger partial charge in [-0.15, -0.1) is 0 Å². The number of hydrogen-bond donors (Lipinski definition) is 3. The van der Waals surface area contributed by atoms with Crippen LogP contribution in [0, 0.1) is 5.92 Å². The third kappa shape index (κ3) is 5.14. The summed E-state index contributed by atoms with van der Waals surface area (Å²) in [5.74, 6) is -0.201. The van der Waals surface area contributed by atoms with E-state index in [0.29, 0.717) is 12.2 Å². The van der Waals surface area contributed by atoms with E-state index in [2.05, 4.69) is 15.3 Å². The van der Waals surface area contributed by atoms with Crippen LogP contribution in [0.15, 0.2) is 46.1 Å². The van der Waals surface area contributed by atoms with Gasteiger partial charge in [-0.25, -0.2) is 4.79 Å². The molecule has 2 aromatic heterocycles. The number of aromatic nitrogens is 3. The largest absolute Gasteiger partial charge is 0.383 e. The predicted octanol–water partition coefficient (Wildman–Crippen LogP) is 1.41. The zero-order valence-corrected chi connectivity index (χ0v) is 18.4. The molecule has 0 saturated carbocycles. The molecule has 3 rings (SSSR count). The molecule has 0 aliphatic rings. The lowest BCUT2D eigenvalue weighted by Gasteiger charge is -2.26. The smallest absolute Gasteiger partial charge is 0.330 e. The highest BCUT2D eigenvalue weighted by atomic mass is 16.5. The van der Waals surface area contributed by atoms with Crippen LogP contribution in [-0.4, -0.2) is 47.2 Å². The molecule has 1 amide bonds. The number of rotatable bonds is 9. The maximum Gasteiger partial charge on any atom is 0.330 e. The lowest BCUT2D eigenvalue weighted by molar-refractivity contribution is -0.115. The Labute approximate surface area is 185 Å². The van der Waals surface area contributed by atoms with E-state index in [1.165, 1.54) is 16.6 Å². The van der Waals surface area contributed by atoms with Crippen LogP contribution in [0.4, 0.5) is 17.2 Å². The Kier molecular flexibility index (Phi) is 7.26. The predicted molar refractivity (Wildman–Crippen MR) is 125 cm³/mol. The van der Waals surface area contributed by atoms with Gasteiger partial charge in [0.15, 0.2) is 0 Å². The van der Waals surface area contributed by atoms with Gasteiger partial charge in [-0.05, 0) is 30.2 Å². The molecule has 0 aliphatic heterocycles. The first-order chi connectivity index (χ1) is 15.3. The SMILES string of the molecule is COCCN(CC(=O)Nc1cccc2ncccc12)c1c(N)n(CC(C)C)c(=O)[nH]c1=O. The zero-order valence-electron chi connectivity index (χ0n) is 18.4. The van der Waals surface area contributed by atoms with E-state index < -0.39 is 11.2 Å². The lowest BCUT2D eigenvalue weighted by atomic mass is 10.2.